The maximum Gasteiger partial charge on any atom is 0.201 e. The Labute approximate surface area is 183 Å². The number of hydrogen-bond acceptors (Lipinski definition) is 5. The predicted molar refractivity (Wildman–Crippen MR) is 113 cm³/mol. The van der Waals surface area contributed by atoms with Gasteiger partial charge >= 0.3 is 0 Å². The van der Waals surface area contributed by atoms with E-state index in [0.717, 1.165) is 31.4 Å². The average molecular weight is 428 g/mol. The van der Waals surface area contributed by atoms with E-state index in [1.165, 1.54) is 12.1 Å². The van der Waals surface area contributed by atoms with Gasteiger partial charge in [0.1, 0.15) is 11.9 Å². The monoisotopic (exact) mass is 427 g/mol. The first-order valence-corrected chi connectivity index (χ1v) is 11.9. The second-order valence-corrected chi connectivity index (χ2v) is 10.3. The second kappa shape index (κ2) is 7.20. The van der Waals surface area contributed by atoms with Crippen LogP contribution in [0.25, 0.3) is 0 Å². The Balaban J connectivity index is 1.38. The minimum Gasteiger partial charge on any atom is -0.467 e. The van der Waals surface area contributed by atoms with Crippen LogP contribution in [0, 0.1) is 23.7 Å². The van der Waals surface area contributed by atoms with E-state index in [4.69, 9.17) is 23.7 Å². The zero-order chi connectivity index (χ0) is 21.2. The molecule has 31 heavy (non-hydrogen) atoms. The third-order valence-corrected chi connectivity index (χ3v) is 8.46. The standard InChI is InChI=1S/C25H33NO5/c1-16-10-11-20-17(2)22(21-9-5-13-26(21)15-18-7-6-14-27-18)28-23-25(20)19(16)8-4-12-24(3,29-23)30-31-25/h5-7,9,13-14,16-17,19-20,22-23H,4,8,10-12,15H2,1-3H3/t16-,17-,19+,20+,22-,23-,24+,25-/m1/s1. The molecule has 0 amide bonds. The van der Waals surface area contributed by atoms with Gasteiger partial charge in [0.05, 0.1) is 12.8 Å². The lowest BCUT2D eigenvalue weighted by atomic mass is 9.56. The van der Waals surface area contributed by atoms with E-state index in [1.54, 1.807) is 6.26 Å². The van der Waals surface area contributed by atoms with Crippen molar-refractivity contribution in [1.82, 2.24) is 4.57 Å². The van der Waals surface area contributed by atoms with Crippen molar-refractivity contribution < 1.29 is 23.7 Å². The van der Waals surface area contributed by atoms with Crippen molar-refractivity contribution in [2.45, 2.75) is 83.2 Å². The largest absolute Gasteiger partial charge is 0.467 e. The van der Waals surface area contributed by atoms with Gasteiger partial charge in [-0.15, -0.1) is 0 Å². The molecule has 4 saturated heterocycles. The van der Waals surface area contributed by atoms with E-state index in [0.29, 0.717) is 24.3 Å². The summed E-state index contributed by atoms with van der Waals surface area (Å²) in [7, 11) is 0. The van der Waals surface area contributed by atoms with Crippen LogP contribution in [0.4, 0.5) is 0 Å². The summed E-state index contributed by atoms with van der Waals surface area (Å²) in [5.41, 5.74) is 0.646. The lowest BCUT2D eigenvalue weighted by molar-refractivity contribution is -0.586. The molecule has 2 aromatic rings. The summed E-state index contributed by atoms with van der Waals surface area (Å²) in [6, 6.07) is 8.21. The Morgan fingerprint density at radius 2 is 1.97 bits per heavy atom. The van der Waals surface area contributed by atoms with Crippen LogP contribution in [0.15, 0.2) is 41.1 Å². The molecule has 1 spiro atoms. The molecule has 6 heteroatoms. The molecular formula is C25H33NO5. The first kappa shape index (κ1) is 20.0. The van der Waals surface area contributed by atoms with Crippen LogP contribution in [0.5, 0.6) is 0 Å². The lowest BCUT2D eigenvalue weighted by Crippen LogP contribution is -2.71. The molecule has 4 aliphatic heterocycles. The third-order valence-electron chi connectivity index (χ3n) is 8.46. The van der Waals surface area contributed by atoms with Crippen LogP contribution in [0.2, 0.25) is 0 Å². The molecule has 0 N–H and O–H groups in total. The summed E-state index contributed by atoms with van der Waals surface area (Å²) in [5.74, 6) is 1.77. The molecule has 0 aromatic carbocycles. The number of hydrogen-bond donors (Lipinski definition) is 0. The van der Waals surface area contributed by atoms with Crippen molar-refractivity contribution in [3.05, 3.63) is 48.2 Å². The Morgan fingerprint density at radius 1 is 1.06 bits per heavy atom. The molecule has 2 bridgehead atoms. The van der Waals surface area contributed by atoms with Crippen molar-refractivity contribution in [2.75, 3.05) is 0 Å². The smallest absolute Gasteiger partial charge is 0.201 e. The van der Waals surface area contributed by atoms with Gasteiger partial charge in [0.15, 0.2) is 11.9 Å². The normalized spacial score (nSPS) is 44.5. The molecule has 0 unspecified atom stereocenters. The number of aromatic nitrogens is 1. The number of rotatable bonds is 3. The Morgan fingerprint density at radius 3 is 2.81 bits per heavy atom. The molecule has 8 atom stereocenters. The van der Waals surface area contributed by atoms with Crippen LogP contribution in [-0.4, -0.2) is 22.2 Å². The highest BCUT2D eigenvalue weighted by Gasteiger charge is 2.68. The summed E-state index contributed by atoms with van der Waals surface area (Å²) in [4.78, 5) is 12.4. The topological polar surface area (TPSA) is 55.0 Å². The number of fused-ring (bicyclic) bond motifs is 3. The van der Waals surface area contributed by atoms with Gasteiger partial charge in [-0.1, -0.05) is 13.8 Å². The highest BCUT2D eigenvalue weighted by molar-refractivity contribution is 5.18. The highest BCUT2D eigenvalue weighted by atomic mass is 17.3. The van der Waals surface area contributed by atoms with Crippen LogP contribution >= 0.6 is 0 Å². The molecule has 1 aliphatic carbocycles. The van der Waals surface area contributed by atoms with Crippen LogP contribution in [0.3, 0.4) is 0 Å². The van der Waals surface area contributed by atoms with Gasteiger partial charge in [-0.2, -0.15) is 0 Å². The minimum atomic E-state index is -0.743. The van der Waals surface area contributed by atoms with E-state index in [-0.39, 0.29) is 12.0 Å². The third kappa shape index (κ3) is 2.99. The highest BCUT2D eigenvalue weighted by Crippen LogP contribution is 2.61. The molecule has 5 aliphatic rings. The predicted octanol–water partition coefficient (Wildman–Crippen LogP) is 5.44. The first-order valence-electron chi connectivity index (χ1n) is 11.9. The fourth-order valence-electron chi connectivity index (χ4n) is 6.87. The summed E-state index contributed by atoms with van der Waals surface area (Å²) < 4.78 is 21.3. The van der Waals surface area contributed by atoms with E-state index < -0.39 is 17.7 Å². The average Bonchev–Trinajstić information content (AvgIpc) is 3.41. The zero-order valence-corrected chi connectivity index (χ0v) is 18.7. The van der Waals surface area contributed by atoms with Crippen molar-refractivity contribution in [3.63, 3.8) is 0 Å². The zero-order valence-electron chi connectivity index (χ0n) is 18.7. The minimum absolute atomic E-state index is 0.0625. The van der Waals surface area contributed by atoms with Gasteiger partial charge in [0.2, 0.25) is 5.79 Å². The van der Waals surface area contributed by atoms with E-state index >= 15 is 0 Å². The molecule has 2 aromatic heterocycles. The molecule has 6 nitrogen and oxygen atoms in total. The van der Waals surface area contributed by atoms with E-state index in [2.05, 4.69) is 36.7 Å². The van der Waals surface area contributed by atoms with Crippen molar-refractivity contribution in [3.8, 4) is 0 Å². The van der Waals surface area contributed by atoms with Crippen LogP contribution < -0.4 is 0 Å². The summed E-state index contributed by atoms with van der Waals surface area (Å²) >= 11 is 0. The maximum absolute atomic E-state index is 6.84. The fraction of sp³-hybridized carbons (Fsp3) is 0.680. The van der Waals surface area contributed by atoms with Gasteiger partial charge in [-0.3, -0.25) is 0 Å². The SMILES string of the molecule is C[C@H]1[C@H](c2cccn2Cc2ccco2)O[C@@H]2O[C@]3(C)CCC[C@H]4[C@H](C)CC[C@@H]1[C@@]24OO3. The summed E-state index contributed by atoms with van der Waals surface area (Å²) in [5, 5.41) is 0. The molecule has 6 heterocycles. The molecule has 0 radical (unpaired) electrons. The summed E-state index contributed by atoms with van der Waals surface area (Å²) in [6.45, 7) is 7.35. The summed E-state index contributed by atoms with van der Waals surface area (Å²) in [6.07, 6.45) is 8.74. The van der Waals surface area contributed by atoms with Crippen molar-refractivity contribution in [2.24, 2.45) is 23.7 Å². The molecule has 7 rings (SSSR count). The van der Waals surface area contributed by atoms with Gasteiger partial charge in [-0.25, -0.2) is 9.78 Å². The number of ether oxygens (including phenoxy) is 2. The Hall–Kier alpha value is -1.60. The van der Waals surface area contributed by atoms with Crippen LogP contribution in [-0.2, 0) is 25.8 Å². The molecular weight excluding hydrogens is 394 g/mol. The Kier molecular flexibility index (Phi) is 4.66. The maximum atomic E-state index is 6.84. The molecule has 5 fully saturated rings. The van der Waals surface area contributed by atoms with Crippen molar-refractivity contribution in [1.29, 1.82) is 0 Å². The molecule has 1 saturated carbocycles. The second-order valence-electron chi connectivity index (χ2n) is 10.3. The van der Waals surface area contributed by atoms with Crippen molar-refractivity contribution >= 4 is 0 Å². The number of furan rings is 1. The van der Waals surface area contributed by atoms with Gasteiger partial charge in [0.25, 0.3) is 0 Å². The van der Waals surface area contributed by atoms with E-state index in [1.807, 2.05) is 19.1 Å². The number of nitrogens with zero attached hydrogens (tertiary/aromatic N) is 1. The van der Waals surface area contributed by atoms with E-state index in [9.17, 15) is 0 Å². The Bertz CT molecular complexity index is 924. The lowest BCUT2D eigenvalue weighted by Gasteiger charge is -2.63. The van der Waals surface area contributed by atoms with Gasteiger partial charge in [-0.05, 0) is 74.6 Å². The van der Waals surface area contributed by atoms with Crippen LogP contribution in [0.1, 0.15) is 70.4 Å². The fourth-order valence-corrected chi connectivity index (χ4v) is 6.87. The quantitative estimate of drug-likeness (QED) is 0.610. The van der Waals surface area contributed by atoms with Gasteiger partial charge in [0, 0.05) is 24.2 Å². The first-order chi connectivity index (χ1) is 15.0. The van der Waals surface area contributed by atoms with Gasteiger partial charge < -0.3 is 18.5 Å². The molecule has 168 valence electrons.